The molecule has 0 unspecified atom stereocenters. The summed E-state index contributed by atoms with van der Waals surface area (Å²) in [6, 6.07) is 42.9. The van der Waals surface area contributed by atoms with Gasteiger partial charge in [-0.25, -0.2) is 4.98 Å². The molecule has 0 atom stereocenters. The van der Waals surface area contributed by atoms with Crippen LogP contribution in [-0.4, -0.2) is 19.5 Å². The van der Waals surface area contributed by atoms with Gasteiger partial charge in [0.1, 0.15) is 16.9 Å². The van der Waals surface area contributed by atoms with Crippen LogP contribution in [0.5, 0.6) is 0 Å². The molecule has 6 heteroatoms. The van der Waals surface area contributed by atoms with Gasteiger partial charge in [-0.1, -0.05) is 59.5 Å². The Morgan fingerprint density at radius 1 is 0.674 bits per heavy atom. The molecule has 5 heterocycles. The van der Waals surface area contributed by atoms with E-state index in [4.69, 9.17) is 9.40 Å². The molecule has 0 N–H and O–H groups in total. The van der Waals surface area contributed by atoms with Crippen molar-refractivity contribution in [1.29, 1.82) is 0 Å². The number of imidazole rings is 1. The van der Waals surface area contributed by atoms with Crippen molar-refractivity contribution in [1.82, 2.24) is 19.5 Å². The van der Waals surface area contributed by atoms with Crippen molar-refractivity contribution in [2.45, 2.75) is 13.0 Å². The van der Waals surface area contributed by atoms with Gasteiger partial charge in [0, 0.05) is 50.0 Å². The number of aromatic nitrogens is 4. The molecule has 1 aliphatic heterocycles. The Labute approximate surface area is 262 Å². The van der Waals surface area contributed by atoms with E-state index in [1.165, 1.54) is 11.1 Å². The molecule has 0 saturated heterocycles. The maximum atomic E-state index is 6.47. The SMILES string of the molecule is [Ir].[c-]1ccc2c(oc3c2ccc2c3nc3n2CCc2ccccc2-3)c1-c1ccccn1.[c-]1ccccc1-c1ccccn1. The molecule has 0 bridgehead atoms. The zero-order chi connectivity index (χ0) is 27.9. The summed E-state index contributed by atoms with van der Waals surface area (Å²) in [6.45, 7) is 0.932. The molecule has 1 radical (unpaired) electrons. The molecule has 0 fully saturated rings. The van der Waals surface area contributed by atoms with Gasteiger partial charge in [0.25, 0.3) is 0 Å². The van der Waals surface area contributed by atoms with E-state index in [-0.39, 0.29) is 20.1 Å². The molecule has 43 heavy (non-hydrogen) atoms. The molecule has 209 valence electrons. The fraction of sp³-hybridized carbons (Fsp3) is 0.0541. The maximum absolute atomic E-state index is 6.47. The van der Waals surface area contributed by atoms with Crippen molar-refractivity contribution >= 4 is 33.0 Å². The zero-order valence-electron chi connectivity index (χ0n) is 23.0. The minimum absolute atomic E-state index is 0. The van der Waals surface area contributed by atoms with Gasteiger partial charge in [0.05, 0.1) is 11.1 Å². The average molecular weight is 733 g/mol. The van der Waals surface area contributed by atoms with Gasteiger partial charge < -0.3 is 19.0 Å². The molecule has 8 aromatic rings. The van der Waals surface area contributed by atoms with E-state index < -0.39 is 0 Å². The first-order valence-electron chi connectivity index (χ1n) is 14.0. The number of nitrogens with zero attached hydrogens (tertiary/aromatic N) is 4. The number of pyridine rings is 2. The molecule has 4 aromatic carbocycles. The van der Waals surface area contributed by atoms with E-state index in [0.717, 1.165) is 74.3 Å². The number of hydrogen-bond donors (Lipinski definition) is 0. The average Bonchev–Trinajstić information content (AvgIpc) is 3.65. The van der Waals surface area contributed by atoms with Crippen molar-refractivity contribution in [3.63, 3.8) is 0 Å². The predicted octanol–water partition coefficient (Wildman–Crippen LogP) is 8.57. The second-order valence-electron chi connectivity index (χ2n) is 10.2. The molecule has 1 aliphatic rings. The standard InChI is InChI=1S/C26H16N3O.C11H8N.Ir/c1-2-7-17-16(6-1)13-15-29-22-12-11-19-18-8-5-9-20(21-10-3-4-14-27-21)24(18)30-25(19)23(22)28-26(17)29;1-2-6-10(7-3-1)11-8-4-5-9-12-11;/h1-8,10-12,14H,13,15H2;1-6,8-9H;/q2*-1;. The third-order valence-electron chi connectivity index (χ3n) is 7.75. The summed E-state index contributed by atoms with van der Waals surface area (Å²) in [5, 5.41) is 2.14. The Kier molecular flexibility index (Phi) is 7.15. The minimum Gasteiger partial charge on any atom is -0.498 e. The maximum Gasteiger partial charge on any atom is 0.148 e. The monoisotopic (exact) mass is 733 g/mol. The zero-order valence-corrected chi connectivity index (χ0v) is 25.4. The summed E-state index contributed by atoms with van der Waals surface area (Å²) in [5.41, 5.74) is 10.00. The number of rotatable bonds is 2. The Bertz CT molecular complexity index is 2150. The first kappa shape index (κ1) is 27.0. The van der Waals surface area contributed by atoms with Gasteiger partial charge in [0.15, 0.2) is 0 Å². The number of benzene rings is 4. The van der Waals surface area contributed by atoms with Gasteiger partial charge in [-0.2, -0.15) is 0 Å². The summed E-state index contributed by atoms with van der Waals surface area (Å²) in [7, 11) is 0. The molecular formula is C37H24IrN4O-2. The molecule has 5 nitrogen and oxygen atoms in total. The summed E-state index contributed by atoms with van der Waals surface area (Å²) in [4.78, 5) is 13.8. The molecule has 0 saturated carbocycles. The summed E-state index contributed by atoms with van der Waals surface area (Å²) >= 11 is 0. The molecule has 9 rings (SSSR count). The van der Waals surface area contributed by atoms with E-state index in [1.54, 1.807) is 12.4 Å². The van der Waals surface area contributed by atoms with Crippen LogP contribution in [0.4, 0.5) is 0 Å². The first-order valence-corrected chi connectivity index (χ1v) is 14.0. The van der Waals surface area contributed by atoms with Gasteiger partial charge in [-0.05, 0) is 47.6 Å². The van der Waals surface area contributed by atoms with Crippen molar-refractivity contribution in [2.75, 3.05) is 0 Å². The second-order valence-corrected chi connectivity index (χ2v) is 10.2. The second kappa shape index (κ2) is 11.4. The molecule has 4 aromatic heterocycles. The molecule has 0 spiro atoms. The Balaban J connectivity index is 0.000000195. The number of furan rings is 1. The normalized spacial score (nSPS) is 11.8. The summed E-state index contributed by atoms with van der Waals surface area (Å²) < 4.78 is 8.79. The number of hydrogen-bond acceptors (Lipinski definition) is 4. The van der Waals surface area contributed by atoms with Gasteiger partial charge >= 0.3 is 0 Å². The molecule has 0 amide bonds. The quantitative estimate of drug-likeness (QED) is 0.167. The van der Waals surface area contributed by atoms with Crippen molar-refractivity contribution in [2.24, 2.45) is 0 Å². The number of fused-ring (bicyclic) bond motifs is 9. The molecular weight excluding hydrogens is 709 g/mol. The van der Waals surface area contributed by atoms with Crippen LogP contribution in [0, 0.1) is 12.1 Å². The van der Waals surface area contributed by atoms with Gasteiger partial charge in [-0.15, -0.1) is 54.1 Å². The predicted molar refractivity (Wildman–Crippen MR) is 167 cm³/mol. The largest absolute Gasteiger partial charge is 0.498 e. The fourth-order valence-electron chi connectivity index (χ4n) is 5.78. The van der Waals surface area contributed by atoms with Crippen molar-refractivity contribution < 1.29 is 24.5 Å². The van der Waals surface area contributed by atoms with E-state index >= 15 is 0 Å². The van der Waals surface area contributed by atoms with Crippen LogP contribution in [0.3, 0.4) is 0 Å². The van der Waals surface area contributed by atoms with Crippen molar-refractivity contribution in [3.05, 3.63) is 139 Å². The Morgan fingerprint density at radius 2 is 1.44 bits per heavy atom. The summed E-state index contributed by atoms with van der Waals surface area (Å²) in [6.07, 6.45) is 4.60. The Morgan fingerprint density at radius 3 is 2.23 bits per heavy atom. The van der Waals surface area contributed by atoms with Crippen LogP contribution in [-0.2, 0) is 33.1 Å². The van der Waals surface area contributed by atoms with Gasteiger partial charge in [0.2, 0.25) is 0 Å². The van der Waals surface area contributed by atoms with Crippen LogP contribution < -0.4 is 0 Å². The Hall–Kier alpha value is -4.90. The van der Waals surface area contributed by atoms with E-state index in [9.17, 15) is 0 Å². The van der Waals surface area contributed by atoms with Crippen LogP contribution in [0.15, 0.2) is 126 Å². The van der Waals surface area contributed by atoms with Gasteiger partial charge in [-0.3, -0.25) is 0 Å². The minimum atomic E-state index is 0. The van der Waals surface area contributed by atoms with Crippen LogP contribution in [0.1, 0.15) is 5.56 Å². The topological polar surface area (TPSA) is 56.7 Å². The summed E-state index contributed by atoms with van der Waals surface area (Å²) in [5.74, 6) is 1.02. The van der Waals surface area contributed by atoms with Crippen LogP contribution >= 0.6 is 0 Å². The third kappa shape index (κ3) is 4.75. The van der Waals surface area contributed by atoms with E-state index in [1.807, 2.05) is 66.7 Å². The smallest absolute Gasteiger partial charge is 0.148 e. The van der Waals surface area contributed by atoms with E-state index in [2.05, 4.69) is 69.1 Å². The van der Waals surface area contributed by atoms with E-state index in [0.29, 0.717) is 0 Å². The van der Waals surface area contributed by atoms with Crippen LogP contribution in [0.2, 0.25) is 0 Å². The van der Waals surface area contributed by atoms with Crippen LogP contribution in [0.25, 0.3) is 66.9 Å². The third-order valence-corrected chi connectivity index (χ3v) is 7.75. The fourth-order valence-corrected chi connectivity index (χ4v) is 5.78. The number of aryl methyl sites for hydroxylation is 2. The van der Waals surface area contributed by atoms with Crippen molar-refractivity contribution in [3.8, 4) is 33.9 Å². The molecule has 0 aliphatic carbocycles. The first-order chi connectivity index (χ1) is 20.8.